The van der Waals surface area contributed by atoms with Crippen molar-refractivity contribution in [2.75, 3.05) is 14.2 Å². The number of hydrogen-bond donors (Lipinski definition) is 1. The van der Waals surface area contributed by atoms with Crippen molar-refractivity contribution in [3.63, 3.8) is 0 Å². The standard InChI is InChI=1S/C12H16N2O3P.H2O/c1-8-5-10-11(6-9(8)2)13-14(3)7-12(10)18(15,16)17-4;/h5-7H,1-4H3,(H,15,16);1H2. The highest BCUT2D eigenvalue weighted by Gasteiger charge is 2.31. The Morgan fingerprint density at radius 3 is 2.47 bits per heavy atom. The number of hydrogen-bond acceptors (Lipinski definition) is 3. The van der Waals surface area contributed by atoms with E-state index >= 15 is 0 Å². The molecule has 1 heterocycles. The van der Waals surface area contributed by atoms with Crippen LogP contribution in [0, 0.1) is 13.8 Å². The van der Waals surface area contributed by atoms with Gasteiger partial charge in [0.25, 0.3) is 0 Å². The van der Waals surface area contributed by atoms with Crippen molar-refractivity contribution < 1.29 is 19.5 Å². The summed E-state index contributed by atoms with van der Waals surface area (Å²) in [5.74, 6) is 0. The Bertz CT molecular complexity index is 571. The molecule has 0 spiro atoms. The lowest BCUT2D eigenvalue weighted by atomic mass is 10.0. The molecule has 6 nitrogen and oxygen atoms in total. The molecular formula is C12H18N2O4P. The van der Waals surface area contributed by atoms with Crippen LogP contribution in [0.1, 0.15) is 16.7 Å². The third-order valence-electron chi connectivity index (χ3n) is 3.01. The predicted molar refractivity (Wildman–Crippen MR) is 73.9 cm³/mol. The van der Waals surface area contributed by atoms with Crippen LogP contribution in [-0.2, 0) is 9.09 Å². The molecule has 0 fully saturated rings. The minimum atomic E-state index is -3.79. The van der Waals surface area contributed by atoms with Crippen molar-refractivity contribution in [3.8, 4) is 0 Å². The lowest BCUT2D eigenvalue weighted by molar-refractivity contribution is 0.325. The van der Waals surface area contributed by atoms with Gasteiger partial charge in [-0.25, -0.2) is 0 Å². The average Bonchev–Trinajstić information content (AvgIpc) is 2.30. The van der Waals surface area contributed by atoms with Crippen LogP contribution in [-0.4, -0.2) is 29.5 Å². The minimum absolute atomic E-state index is 0. The molecule has 1 aliphatic heterocycles. The zero-order valence-electron chi connectivity index (χ0n) is 11.3. The van der Waals surface area contributed by atoms with Crippen LogP contribution in [0.25, 0.3) is 5.31 Å². The Hall–Kier alpha value is -1.33. The summed E-state index contributed by atoms with van der Waals surface area (Å²) >= 11 is 0. The molecule has 7 heteroatoms. The molecule has 1 unspecified atom stereocenters. The van der Waals surface area contributed by atoms with Crippen LogP contribution in [0.15, 0.2) is 18.3 Å². The molecule has 1 aromatic carbocycles. The Balaban J connectivity index is 0.00000180. The van der Waals surface area contributed by atoms with Gasteiger partial charge >= 0.3 is 7.60 Å². The SMILES string of the molecule is COP(=O)(O)C1=CN(C)[N]c2cc(C)c(C)cc21.O. The lowest BCUT2D eigenvalue weighted by Crippen LogP contribution is -2.23. The maximum Gasteiger partial charge on any atom is 0.360 e. The van der Waals surface area contributed by atoms with Gasteiger partial charge in [0, 0.05) is 25.9 Å². The average molecular weight is 285 g/mol. The predicted octanol–water partition coefficient (Wildman–Crippen LogP) is 1.71. The van der Waals surface area contributed by atoms with Gasteiger partial charge in [-0.1, -0.05) is 0 Å². The summed E-state index contributed by atoms with van der Waals surface area (Å²) in [4.78, 5) is 9.87. The van der Waals surface area contributed by atoms with Crippen LogP contribution in [0.4, 0.5) is 5.69 Å². The van der Waals surface area contributed by atoms with E-state index in [1.54, 1.807) is 7.05 Å². The van der Waals surface area contributed by atoms with Crippen molar-refractivity contribution in [3.05, 3.63) is 35.0 Å². The summed E-state index contributed by atoms with van der Waals surface area (Å²) < 4.78 is 16.8. The van der Waals surface area contributed by atoms with Crippen LogP contribution in [0.2, 0.25) is 0 Å². The van der Waals surface area contributed by atoms with Crippen molar-refractivity contribution in [1.29, 1.82) is 0 Å². The van der Waals surface area contributed by atoms with Crippen LogP contribution in [0.3, 0.4) is 0 Å². The third kappa shape index (κ3) is 2.82. The van der Waals surface area contributed by atoms with Crippen LogP contribution in [0.5, 0.6) is 0 Å². The Labute approximate surface area is 112 Å². The van der Waals surface area contributed by atoms with E-state index in [1.165, 1.54) is 18.3 Å². The van der Waals surface area contributed by atoms with Crippen molar-refractivity contribution >= 4 is 18.6 Å². The second-order valence-corrected chi connectivity index (χ2v) is 6.23. The van der Waals surface area contributed by atoms with Gasteiger partial charge < -0.3 is 14.9 Å². The van der Waals surface area contributed by atoms with E-state index in [0.717, 1.165) is 11.1 Å². The fourth-order valence-corrected chi connectivity index (χ4v) is 2.85. The first-order chi connectivity index (χ1) is 8.35. The molecule has 0 aromatic heterocycles. The molecule has 19 heavy (non-hydrogen) atoms. The smallest absolute Gasteiger partial charge is 0.360 e. The van der Waals surface area contributed by atoms with E-state index in [2.05, 4.69) is 5.43 Å². The summed E-state index contributed by atoms with van der Waals surface area (Å²) in [7, 11) is -0.848. The fourth-order valence-electron chi connectivity index (χ4n) is 1.86. The molecule has 2 rings (SSSR count). The second kappa shape index (κ2) is 5.35. The fraction of sp³-hybridized carbons (Fsp3) is 0.333. The van der Waals surface area contributed by atoms with Gasteiger partial charge in [0.05, 0.1) is 11.0 Å². The van der Waals surface area contributed by atoms with Crippen molar-refractivity contribution in [2.45, 2.75) is 13.8 Å². The van der Waals surface area contributed by atoms with E-state index in [4.69, 9.17) is 4.52 Å². The summed E-state index contributed by atoms with van der Waals surface area (Å²) in [5, 5.41) is 1.80. The van der Waals surface area contributed by atoms with Gasteiger partial charge in [0.2, 0.25) is 0 Å². The normalized spacial score (nSPS) is 16.7. The highest BCUT2D eigenvalue weighted by molar-refractivity contribution is 7.64. The molecule has 1 aliphatic rings. The van der Waals surface area contributed by atoms with Crippen LogP contribution >= 0.6 is 7.60 Å². The molecule has 0 bridgehead atoms. The molecule has 1 aromatic rings. The topological polar surface area (TPSA) is 95.4 Å². The van der Waals surface area contributed by atoms with Crippen molar-refractivity contribution in [1.82, 2.24) is 10.4 Å². The van der Waals surface area contributed by atoms with Gasteiger partial charge in [-0.05, 0) is 37.1 Å². The van der Waals surface area contributed by atoms with E-state index in [9.17, 15) is 9.46 Å². The molecule has 0 saturated heterocycles. The summed E-state index contributed by atoms with van der Waals surface area (Å²) in [6, 6.07) is 3.78. The number of nitrogens with zero attached hydrogens (tertiary/aromatic N) is 2. The molecule has 1 atom stereocenters. The second-order valence-electron chi connectivity index (χ2n) is 4.34. The first-order valence-electron chi connectivity index (χ1n) is 5.52. The van der Waals surface area contributed by atoms with Gasteiger partial charge in [-0.3, -0.25) is 9.57 Å². The number of aryl methyl sites for hydroxylation is 2. The van der Waals surface area contributed by atoms with E-state index in [-0.39, 0.29) is 10.8 Å². The zero-order chi connectivity index (χ0) is 13.5. The molecule has 0 aliphatic carbocycles. The lowest BCUT2D eigenvalue weighted by Gasteiger charge is -2.26. The van der Waals surface area contributed by atoms with Crippen molar-refractivity contribution in [2.24, 2.45) is 0 Å². The Morgan fingerprint density at radius 2 is 1.89 bits per heavy atom. The zero-order valence-corrected chi connectivity index (χ0v) is 12.2. The third-order valence-corrected chi connectivity index (χ3v) is 4.47. The molecule has 105 valence electrons. The highest BCUT2D eigenvalue weighted by atomic mass is 31.2. The summed E-state index contributed by atoms with van der Waals surface area (Å²) in [6.45, 7) is 3.94. The largest absolute Gasteiger partial charge is 0.412 e. The van der Waals surface area contributed by atoms with E-state index in [0.29, 0.717) is 11.3 Å². The molecule has 0 amide bonds. The maximum absolute atomic E-state index is 12.0. The number of benzene rings is 1. The minimum Gasteiger partial charge on any atom is -0.412 e. The first kappa shape index (κ1) is 15.7. The number of rotatable bonds is 2. The Kier molecular flexibility index (Phi) is 4.43. The number of fused-ring (bicyclic) bond motifs is 1. The van der Waals surface area contributed by atoms with Gasteiger partial charge in [0.15, 0.2) is 0 Å². The monoisotopic (exact) mass is 285 g/mol. The van der Waals surface area contributed by atoms with Crippen LogP contribution < -0.4 is 5.43 Å². The van der Waals surface area contributed by atoms with Gasteiger partial charge in [0.1, 0.15) is 0 Å². The molecule has 0 saturated carbocycles. The molecular weight excluding hydrogens is 267 g/mol. The van der Waals surface area contributed by atoms with E-state index in [1.807, 2.05) is 26.0 Å². The molecule has 1 radical (unpaired) electrons. The first-order valence-corrected chi connectivity index (χ1v) is 7.10. The van der Waals surface area contributed by atoms with Gasteiger partial charge in [-0.15, -0.1) is 0 Å². The van der Waals surface area contributed by atoms with E-state index < -0.39 is 7.60 Å². The quantitative estimate of drug-likeness (QED) is 0.836. The van der Waals surface area contributed by atoms with Gasteiger partial charge in [-0.2, -0.15) is 5.43 Å². The molecule has 3 N–H and O–H groups in total. The summed E-state index contributed by atoms with van der Waals surface area (Å²) in [6.07, 6.45) is 1.53. The maximum atomic E-state index is 12.0. The summed E-state index contributed by atoms with van der Waals surface area (Å²) in [5.41, 5.74) is 7.80. The highest BCUT2D eigenvalue weighted by Crippen LogP contribution is 2.57. The Morgan fingerprint density at radius 1 is 1.32 bits per heavy atom.